The van der Waals surface area contributed by atoms with Crippen molar-refractivity contribution in [2.24, 2.45) is 0 Å². The molecule has 72 valence electrons. The third-order valence-corrected chi connectivity index (χ3v) is 2.79. The molecule has 1 aromatic rings. The molecule has 1 aromatic carbocycles. The zero-order valence-corrected chi connectivity index (χ0v) is 9.15. The lowest BCUT2D eigenvalue weighted by Gasteiger charge is -2.12. The first kappa shape index (κ1) is 10.7. The van der Waals surface area contributed by atoms with E-state index < -0.39 is 0 Å². The quantitative estimate of drug-likeness (QED) is 0.534. The van der Waals surface area contributed by atoms with E-state index in [4.69, 9.17) is 0 Å². The largest absolute Gasteiger partial charge is 0.278 e. The van der Waals surface area contributed by atoms with Crippen molar-refractivity contribution in [3.63, 3.8) is 0 Å². The number of amides is 2. The maximum atomic E-state index is 11.0. The molecule has 1 rings (SSSR count). The van der Waals surface area contributed by atoms with Crippen LogP contribution in [-0.4, -0.2) is 21.8 Å². The number of anilines is 1. The fraction of sp³-hybridized carbons (Fsp3) is 0.200. The Morgan fingerprint density at radius 2 is 1.93 bits per heavy atom. The normalized spacial score (nSPS) is 9.57. The molecule has 3 nitrogen and oxygen atoms in total. The average Bonchev–Trinajstić information content (AvgIpc) is 2.19. The molecule has 2 amide bonds. The number of imide groups is 1. The van der Waals surface area contributed by atoms with E-state index in [0.717, 1.165) is 14.4 Å². The summed E-state index contributed by atoms with van der Waals surface area (Å²) in [6.07, 6.45) is 0.533. The summed E-state index contributed by atoms with van der Waals surface area (Å²) < 4.78 is 0. The van der Waals surface area contributed by atoms with Crippen LogP contribution in [0.4, 0.5) is 5.69 Å². The molecule has 0 atom stereocenters. The second-order valence-electron chi connectivity index (χ2n) is 2.79. The van der Waals surface area contributed by atoms with Crippen molar-refractivity contribution in [2.45, 2.75) is 13.5 Å². The van der Waals surface area contributed by atoms with Gasteiger partial charge in [-0.15, -0.1) is 0 Å². The van der Waals surface area contributed by atoms with Gasteiger partial charge in [0.15, 0.2) is 0 Å². The first-order valence-electron chi connectivity index (χ1n) is 4.22. The fourth-order valence-corrected chi connectivity index (χ4v) is 1.61. The number of carbonyl (C=O) groups is 2. The highest BCUT2D eigenvalue weighted by Crippen LogP contribution is 2.10. The number of hydrogen-bond acceptors (Lipinski definition) is 2. The molecule has 2 radical (unpaired) electrons. The summed E-state index contributed by atoms with van der Waals surface area (Å²) in [5, 5.41) is 1.21. The summed E-state index contributed by atoms with van der Waals surface area (Å²) in [5.74, 6) is -0.272. The molecule has 0 aromatic heterocycles. The third-order valence-electron chi connectivity index (χ3n) is 1.88. The number of benzene rings is 1. The first-order valence-corrected chi connectivity index (χ1v) is 5.72. The number of nitrogens with zero attached hydrogens (tertiary/aromatic N) is 1. The molecule has 0 spiro atoms. The summed E-state index contributed by atoms with van der Waals surface area (Å²) in [6.45, 7) is 3.45. The van der Waals surface area contributed by atoms with E-state index in [1.807, 2.05) is 12.1 Å². The number of carbonyl (C=O) groups excluding carboxylic acids is 2. The molecule has 0 aliphatic rings. The van der Waals surface area contributed by atoms with E-state index in [0.29, 0.717) is 12.1 Å². The lowest BCUT2D eigenvalue weighted by Crippen LogP contribution is -2.26. The van der Waals surface area contributed by atoms with Gasteiger partial charge < -0.3 is 0 Å². The van der Waals surface area contributed by atoms with Crippen LogP contribution < -0.4 is 10.1 Å². The van der Waals surface area contributed by atoms with E-state index in [-0.39, 0.29) is 5.91 Å². The Morgan fingerprint density at radius 1 is 1.36 bits per heavy atom. The van der Waals surface area contributed by atoms with E-state index in [9.17, 15) is 9.59 Å². The maximum Gasteiger partial charge on any atom is 0.230 e. The van der Waals surface area contributed by atoms with Crippen molar-refractivity contribution < 1.29 is 9.59 Å². The fourth-order valence-electron chi connectivity index (χ4n) is 1.11. The Morgan fingerprint density at radius 3 is 2.29 bits per heavy atom. The number of hydrogen-bond donors (Lipinski definition) is 0. The molecule has 0 saturated carbocycles. The van der Waals surface area contributed by atoms with E-state index in [2.05, 4.69) is 6.55 Å². The van der Waals surface area contributed by atoms with E-state index in [1.54, 1.807) is 12.1 Å². The molecule has 0 fully saturated rings. The second-order valence-corrected chi connectivity index (χ2v) is 3.87. The van der Waals surface area contributed by atoms with Gasteiger partial charge in [-0.25, -0.2) is 0 Å². The van der Waals surface area contributed by atoms with E-state index in [1.165, 1.54) is 12.1 Å². The predicted octanol–water partition coefficient (Wildman–Crippen LogP) is 0.574. The minimum atomic E-state index is -0.272. The monoisotopic (exact) mass is 205 g/mol. The summed E-state index contributed by atoms with van der Waals surface area (Å²) in [4.78, 5) is 22.7. The molecule has 0 unspecified atom stereocenters. The van der Waals surface area contributed by atoms with Crippen molar-refractivity contribution in [2.75, 3.05) is 4.90 Å². The van der Waals surface area contributed by atoms with Crippen molar-refractivity contribution in [3.05, 3.63) is 24.3 Å². The van der Waals surface area contributed by atoms with Gasteiger partial charge in [-0.05, 0) is 12.1 Å². The maximum absolute atomic E-state index is 11.0. The number of rotatable bonds is 3. The van der Waals surface area contributed by atoms with Gasteiger partial charge in [-0.1, -0.05) is 23.9 Å². The van der Waals surface area contributed by atoms with Crippen molar-refractivity contribution in [1.82, 2.24) is 0 Å². The van der Waals surface area contributed by atoms with Crippen LogP contribution in [0.3, 0.4) is 0 Å². The van der Waals surface area contributed by atoms with Crippen LogP contribution in [0.15, 0.2) is 24.3 Å². The van der Waals surface area contributed by atoms with Crippen LogP contribution in [0.2, 0.25) is 6.55 Å². The summed E-state index contributed by atoms with van der Waals surface area (Å²) in [7, 11) is 0.723. The summed E-state index contributed by atoms with van der Waals surface area (Å²) in [5.41, 5.74) is 0.620. The van der Waals surface area contributed by atoms with Crippen LogP contribution >= 0.6 is 0 Å². The zero-order chi connectivity index (χ0) is 10.6. The molecular formula is C10H11NO2Si. The highest BCUT2D eigenvalue weighted by molar-refractivity contribution is 6.51. The summed E-state index contributed by atoms with van der Waals surface area (Å²) >= 11 is 0. The highest BCUT2D eigenvalue weighted by Gasteiger charge is 2.08. The molecule has 0 aliphatic carbocycles. The van der Waals surface area contributed by atoms with E-state index >= 15 is 0 Å². The molecular weight excluding hydrogens is 194 g/mol. The zero-order valence-electron chi connectivity index (χ0n) is 8.15. The standard InChI is InChI=1S/C10H11NO2Si/c1-8(13)11(7-12)9-3-5-10(14-2)6-4-9/h3-7H,1-2H3. The Bertz CT molecular complexity index is 334. The van der Waals surface area contributed by atoms with Gasteiger partial charge in [0, 0.05) is 6.92 Å². The Labute approximate surface area is 85.5 Å². The van der Waals surface area contributed by atoms with Gasteiger partial charge in [0.05, 0.1) is 15.2 Å². The average molecular weight is 205 g/mol. The van der Waals surface area contributed by atoms with Gasteiger partial charge in [-0.2, -0.15) is 0 Å². The smallest absolute Gasteiger partial charge is 0.230 e. The minimum absolute atomic E-state index is 0.272. The Hall–Kier alpha value is -1.42. The van der Waals surface area contributed by atoms with Gasteiger partial charge in [0.25, 0.3) is 0 Å². The topological polar surface area (TPSA) is 37.4 Å². The Kier molecular flexibility index (Phi) is 3.59. The van der Waals surface area contributed by atoms with Crippen LogP contribution in [0, 0.1) is 0 Å². The lowest BCUT2D eigenvalue weighted by atomic mass is 10.3. The third kappa shape index (κ3) is 2.29. The van der Waals surface area contributed by atoms with Crippen LogP contribution in [-0.2, 0) is 9.59 Å². The molecule has 0 aliphatic heterocycles. The first-order chi connectivity index (χ1) is 6.69. The van der Waals surface area contributed by atoms with Gasteiger partial charge in [0.2, 0.25) is 12.3 Å². The molecule has 4 heteroatoms. The molecule has 0 bridgehead atoms. The van der Waals surface area contributed by atoms with Crippen molar-refractivity contribution in [3.8, 4) is 0 Å². The predicted molar refractivity (Wildman–Crippen MR) is 56.9 cm³/mol. The van der Waals surface area contributed by atoms with Gasteiger partial charge in [0.1, 0.15) is 0 Å². The van der Waals surface area contributed by atoms with Crippen LogP contribution in [0.5, 0.6) is 0 Å². The highest BCUT2D eigenvalue weighted by atomic mass is 28.2. The molecule has 0 heterocycles. The summed E-state index contributed by atoms with van der Waals surface area (Å²) in [6, 6.07) is 7.41. The molecule has 14 heavy (non-hydrogen) atoms. The Balaban J connectivity index is 2.94. The van der Waals surface area contributed by atoms with Gasteiger partial charge in [-0.3, -0.25) is 14.5 Å². The van der Waals surface area contributed by atoms with Crippen molar-refractivity contribution >= 4 is 32.7 Å². The second kappa shape index (κ2) is 4.71. The molecule has 0 N–H and O–H groups in total. The lowest BCUT2D eigenvalue weighted by molar-refractivity contribution is -0.120. The SMILES string of the molecule is C[Si]c1ccc(N(C=O)C(C)=O)cc1. The van der Waals surface area contributed by atoms with Crippen molar-refractivity contribution in [1.29, 1.82) is 0 Å². The molecule has 0 saturated heterocycles. The van der Waals surface area contributed by atoms with Gasteiger partial charge >= 0.3 is 0 Å². The van der Waals surface area contributed by atoms with Crippen LogP contribution in [0.25, 0.3) is 0 Å². The minimum Gasteiger partial charge on any atom is -0.278 e. The van der Waals surface area contributed by atoms with Crippen LogP contribution in [0.1, 0.15) is 6.92 Å².